The number of rotatable bonds is 11. The highest BCUT2D eigenvalue weighted by molar-refractivity contribution is 5.92. The predicted octanol–water partition coefficient (Wildman–Crippen LogP) is 1.73. The molecule has 37 heavy (non-hydrogen) atoms. The van der Waals surface area contributed by atoms with Gasteiger partial charge in [-0.2, -0.15) is 0 Å². The van der Waals surface area contributed by atoms with Crippen LogP contribution >= 0.6 is 0 Å². The standard InChI is InChI=1S/C25H36N4O8/c1-25(2,3)37-24(35)26-12-8-7-11-19-22(33)28(16-21(31)32)13-14-29(19)20(30)15-27-23(34)36-17-18-9-5-4-6-10-18/h4-6,9-10,19H,7-8,11-17H2,1-3H3,(H,26,35)(H,27,34)(H,31,32)/t19-/m0/s1. The van der Waals surface area contributed by atoms with Gasteiger partial charge in [-0.25, -0.2) is 9.59 Å². The van der Waals surface area contributed by atoms with Gasteiger partial charge >= 0.3 is 18.2 Å². The number of carbonyl (C=O) groups is 5. The third kappa shape index (κ3) is 10.8. The third-order valence-electron chi connectivity index (χ3n) is 5.40. The smallest absolute Gasteiger partial charge is 0.407 e. The van der Waals surface area contributed by atoms with Crippen LogP contribution in [0.3, 0.4) is 0 Å². The third-order valence-corrected chi connectivity index (χ3v) is 5.40. The molecule has 0 saturated carbocycles. The first kappa shape index (κ1) is 29.4. The van der Waals surface area contributed by atoms with Crippen LogP contribution < -0.4 is 10.6 Å². The second-order valence-electron chi connectivity index (χ2n) is 9.60. The molecule has 1 aromatic rings. The van der Waals surface area contributed by atoms with Crippen molar-refractivity contribution < 1.29 is 38.6 Å². The van der Waals surface area contributed by atoms with Crippen molar-refractivity contribution in [1.29, 1.82) is 0 Å². The molecule has 4 amide bonds. The molecule has 1 saturated heterocycles. The van der Waals surface area contributed by atoms with Crippen LogP contribution in [0, 0.1) is 0 Å². The molecule has 0 bridgehead atoms. The molecule has 0 aromatic heterocycles. The number of benzene rings is 1. The van der Waals surface area contributed by atoms with Crippen LogP contribution in [-0.2, 0) is 30.5 Å². The van der Waals surface area contributed by atoms with Crippen LogP contribution in [-0.4, -0.2) is 89.2 Å². The van der Waals surface area contributed by atoms with Crippen molar-refractivity contribution in [2.24, 2.45) is 0 Å². The lowest BCUT2D eigenvalue weighted by atomic mass is 10.0. The van der Waals surface area contributed by atoms with E-state index in [1.54, 1.807) is 32.9 Å². The van der Waals surface area contributed by atoms with Gasteiger partial charge in [-0.15, -0.1) is 0 Å². The molecule has 1 aromatic carbocycles. The highest BCUT2D eigenvalue weighted by atomic mass is 16.6. The molecule has 204 valence electrons. The summed E-state index contributed by atoms with van der Waals surface area (Å²) in [6.07, 6.45) is -0.0270. The Morgan fingerprint density at radius 3 is 2.38 bits per heavy atom. The van der Waals surface area contributed by atoms with Gasteiger partial charge in [-0.3, -0.25) is 14.4 Å². The van der Waals surface area contributed by atoms with Crippen LogP contribution in [0.4, 0.5) is 9.59 Å². The van der Waals surface area contributed by atoms with Gasteiger partial charge < -0.3 is 35.0 Å². The van der Waals surface area contributed by atoms with E-state index in [0.29, 0.717) is 19.4 Å². The maximum Gasteiger partial charge on any atom is 0.407 e. The first-order chi connectivity index (χ1) is 17.5. The second kappa shape index (κ2) is 14.0. The van der Waals surface area contributed by atoms with E-state index >= 15 is 0 Å². The molecule has 1 fully saturated rings. The van der Waals surface area contributed by atoms with Gasteiger partial charge in [-0.1, -0.05) is 30.3 Å². The molecule has 0 unspecified atom stereocenters. The molecule has 1 aliphatic heterocycles. The molecule has 0 spiro atoms. The van der Waals surface area contributed by atoms with E-state index in [4.69, 9.17) is 14.6 Å². The van der Waals surface area contributed by atoms with Crippen molar-refractivity contribution in [3.8, 4) is 0 Å². The molecule has 12 nitrogen and oxygen atoms in total. The number of nitrogens with zero attached hydrogens (tertiary/aromatic N) is 2. The topological polar surface area (TPSA) is 155 Å². The van der Waals surface area contributed by atoms with E-state index < -0.39 is 48.2 Å². The number of unbranched alkanes of at least 4 members (excludes halogenated alkanes) is 1. The number of hydrogen-bond acceptors (Lipinski definition) is 7. The Balaban J connectivity index is 1.88. The van der Waals surface area contributed by atoms with Crippen molar-refractivity contribution in [3.05, 3.63) is 35.9 Å². The van der Waals surface area contributed by atoms with Gasteiger partial charge in [0.05, 0.1) is 0 Å². The Labute approximate surface area is 216 Å². The van der Waals surface area contributed by atoms with Crippen LogP contribution in [0.25, 0.3) is 0 Å². The number of aliphatic carboxylic acids is 1. The lowest BCUT2D eigenvalue weighted by molar-refractivity contribution is -0.155. The number of alkyl carbamates (subject to hydrolysis) is 2. The Kier molecular flexibility index (Phi) is 11.2. The molecule has 1 heterocycles. The molecular weight excluding hydrogens is 484 g/mol. The maximum atomic E-state index is 13.0. The second-order valence-corrected chi connectivity index (χ2v) is 9.60. The van der Waals surface area contributed by atoms with Crippen molar-refractivity contribution in [2.75, 3.05) is 32.7 Å². The Morgan fingerprint density at radius 1 is 1.03 bits per heavy atom. The summed E-state index contributed by atoms with van der Waals surface area (Å²) in [7, 11) is 0. The van der Waals surface area contributed by atoms with Crippen LogP contribution in [0.2, 0.25) is 0 Å². The number of hydrogen-bond donors (Lipinski definition) is 3. The molecule has 1 atom stereocenters. The fraction of sp³-hybridized carbons (Fsp3) is 0.560. The average molecular weight is 521 g/mol. The van der Waals surface area contributed by atoms with E-state index in [-0.39, 0.29) is 32.7 Å². The van der Waals surface area contributed by atoms with E-state index in [9.17, 15) is 24.0 Å². The Hall–Kier alpha value is -3.83. The highest BCUT2D eigenvalue weighted by Gasteiger charge is 2.37. The summed E-state index contributed by atoms with van der Waals surface area (Å²) < 4.78 is 10.3. The number of nitrogens with one attached hydrogen (secondary N) is 2. The molecule has 1 aliphatic rings. The zero-order valence-corrected chi connectivity index (χ0v) is 21.5. The SMILES string of the molecule is CC(C)(C)OC(=O)NCCCC[C@H]1C(=O)N(CC(=O)O)CCN1C(=O)CNC(=O)OCc1ccccc1. The summed E-state index contributed by atoms with van der Waals surface area (Å²) in [4.78, 5) is 63.3. The van der Waals surface area contributed by atoms with Crippen molar-refractivity contribution in [3.63, 3.8) is 0 Å². The van der Waals surface area contributed by atoms with Crippen molar-refractivity contribution >= 4 is 30.0 Å². The van der Waals surface area contributed by atoms with Crippen molar-refractivity contribution in [1.82, 2.24) is 20.4 Å². The number of amides is 4. The van der Waals surface area contributed by atoms with Crippen molar-refractivity contribution in [2.45, 2.75) is 58.3 Å². The van der Waals surface area contributed by atoms with Crippen LogP contribution in [0.1, 0.15) is 45.6 Å². The van der Waals surface area contributed by atoms with E-state index in [0.717, 1.165) is 5.56 Å². The van der Waals surface area contributed by atoms with Gasteiger partial charge in [0, 0.05) is 19.6 Å². The van der Waals surface area contributed by atoms with Crippen LogP contribution in [0.15, 0.2) is 30.3 Å². The number of carbonyl (C=O) groups excluding carboxylic acids is 4. The minimum atomic E-state index is -1.14. The summed E-state index contributed by atoms with van der Waals surface area (Å²) in [5.41, 5.74) is 0.181. The van der Waals surface area contributed by atoms with Gasteiger partial charge in [0.15, 0.2) is 0 Å². The Morgan fingerprint density at radius 2 is 1.73 bits per heavy atom. The van der Waals surface area contributed by atoms with Gasteiger partial charge in [-0.05, 0) is 45.6 Å². The zero-order valence-electron chi connectivity index (χ0n) is 21.5. The maximum absolute atomic E-state index is 13.0. The molecule has 12 heteroatoms. The van der Waals surface area contributed by atoms with Crippen LogP contribution in [0.5, 0.6) is 0 Å². The molecule has 2 rings (SSSR count). The Bertz CT molecular complexity index is 948. The fourth-order valence-electron chi connectivity index (χ4n) is 3.73. The first-order valence-corrected chi connectivity index (χ1v) is 12.2. The fourth-order valence-corrected chi connectivity index (χ4v) is 3.73. The predicted molar refractivity (Wildman–Crippen MR) is 132 cm³/mol. The summed E-state index contributed by atoms with van der Waals surface area (Å²) in [6.45, 7) is 5.03. The highest BCUT2D eigenvalue weighted by Crippen LogP contribution is 2.17. The summed E-state index contributed by atoms with van der Waals surface area (Å²) in [5.74, 6) is -2.08. The normalized spacial score (nSPS) is 15.6. The molecule has 0 radical (unpaired) electrons. The zero-order chi connectivity index (χ0) is 27.4. The minimum Gasteiger partial charge on any atom is -0.480 e. The number of piperazine rings is 1. The lowest BCUT2D eigenvalue weighted by Crippen LogP contribution is -2.60. The first-order valence-electron chi connectivity index (χ1n) is 12.2. The summed E-state index contributed by atoms with van der Waals surface area (Å²) >= 11 is 0. The van der Waals surface area contributed by atoms with E-state index in [2.05, 4.69) is 10.6 Å². The molecular formula is C25H36N4O8. The minimum absolute atomic E-state index is 0.0488. The van der Waals surface area contributed by atoms with Gasteiger partial charge in [0.25, 0.3) is 0 Å². The van der Waals surface area contributed by atoms with E-state index in [1.165, 1.54) is 9.80 Å². The average Bonchev–Trinajstić information content (AvgIpc) is 2.82. The quantitative estimate of drug-likeness (QED) is 0.373. The molecule has 3 N–H and O–H groups in total. The number of ether oxygens (including phenoxy) is 2. The summed E-state index contributed by atoms with van der Waals surface area (Å²) in [5, 5.41) is 14.2. The number of carboxylic acids is 1. The summed E-state index contributed by atoms with van der Waals surface area (Å²) in [6, 6.07) is 8.20. The largest absolute Gasteiger partial charge is 0.480 e. The number of carboxylic acid groups (broad SMARTS) is 1. The van der Waals surface area contributed by atoms with Gasteiger partial charge in [0.1, 0.15) is 31.3 Å². The van der Waals surface area contributed by atoms with Gasteiger partial charge in [0.2, 0.25) is 11.8 Å². The van der Waals surface area contributed by atoms with E-state index in [1.807, 2.05) is 18.2 Å². The lowest BCUT2D eigenvalue weighted by Gasteiger charge is -2.40. The molecule has 0 aliphatic carbocycles. The monoisotopic (exact) mass is 520 g/mol.